The Hall–Kier alpha value is -0.450. The van der Waals surface area contributed by atoms with Crippen molar-refractivity contribution in [1.29, 1.82) is 0 Å². The van der Waals surface area contributed by atoms with Crippen molar-refractivity contribution in [2.24, 2.45) is 5.73 Å². The number of pyridine rings is 1. The van der Waals surface area contributed by atoms with E-state index in [1.54, 1.807) is 12.3 Å². The van der Waals surface area contributed by atoms with E-state index >= 15 is 0 Å². The average molecular weight is 217 g/mol. The molecule has 3 N–H and O–H groups in total. The molecule has 0 aliphatic carbocycles. The van der Waals surface area contributed by atoms with E-state index in [0.29, 0.717) is 4.60 Å². The first-order valence-corrected chi connectivity index (χ1v) is 4.02. The molecule has 11 heavy (non-hydrogen) atoms. The van der Waals surface area contributed by atoms with E-state index in [0.717, 1.165) is 5.56 Å². The quantitative estimate of drug-likeness (QED) is 0.721. The highest BCUT2D eigenvalue weighted by Crippen LogP contribution is 2.18. The predicted molar refractivity (Wildman–Crippen MR) is 46.0 cm³/mol. The summed E-state index contributed by atoms with van der Waals surface area (Å²) in [5.74, 6) is 0. The lowest BCUT2D eigenvalue weighted by Gasteiger charge is -2.08. The Labute approximate surface area is 73.4 Å². The van der Waals surface area contributed by atoms with Crippen LogP contribution in [-0.4, -0.2) is 16.7 Å². The molecule has 0 aliphatic heterocycles. The number of aliphatic hydroxyl groups is 1. The van der Waals surface area contributed by atoms with Crippen molar-refractivity contribution >= 4 is 15.9 Å². The molecular weight excluding hydrogens is 208 g/mol. The van der Waals surface area contributed by atoms with Gasteiger partial charge in [-0.05, 0) is 22.0 Å². The monoisotopic (exact) mass is 216 g/mol. The molecule has 0 unspecified atom stereocenters. The predicted octanol–water partition coefficient (Wildman–Crippen LogP) is 0.836. The standard InChI is InChI=1S/C7H9BrN2O/c8-7-5(6(9)4-11)2-1-3-10-7/h1-3,6,11H,4,9H2/t6-/m1/s1. The van der Waals surface area contributed by atoms with Crippen LogP contribution in [0.15, 0.2) is 22.9 Å². The lowest BCUT2D eigenvalue weighted by atomic mass is 10.1. The van der Waals surface area contributed by atoms with Gasteiger partial charge in [0.25, 0.3) is 0 Å². The van der Waals surface area contributed by atoms with Crippen LogP contribution in [0.1, 0.15) is 11.6 Å². The van der Waals surface area contributed by atoms with Crippen molar-refractivity contribution in [2.75, 3.05) is 6.61 Å². The average Bonchev–Trinajstić information content (AvgIpc) is 2.04. The van der Waals surface area contributed by atoms with Crippen LogP contribution in [0, 0.1) is 0 Å². The van der Waals surface area contributed by atoms with Crippen molar-refractivity contribution in [2.45, 2.75) is 6.04 Å². The van der Waals surface area contributed by atoms with Crippen LogP contribution < -0.4 is 5.73 Å². The van der Waals surface area contributed by atoms with Crippen LogP contribution in [-0.2, 0) is 0 Å². The van der Waals surface area contributed by atoms with Gasteiger partial charge in [0.2, 0.25) is 0 Å². The number of hydrogen-bond acceptors (Lipinski definition) is 3. The van der Waals surface area contributed by atoms with Crippen LogP contribution in [0.4, 0.5) is 0 Å². The molecule has 0 bridgehead atoms. The molecule has 0 spiro atoms. The van der Waals surface area contributed by atoms with Gasteiger partial charge in [0.1, 0.15) is 4.60 Å². The normalized spacial score (nSPS) is 13.0. The molecule has 3 nitrogen and oxygen atoms in total. The number of nitrogens with zero attached hydrogens (tertiary/aromatic N) is 1. The van der Waals surface area contributed by atoms with Crippen LogP contribution in [0.3, 0.4) is 0 Å². The van der Waals surface area contributed by atoms with E-state index < -0.39 is 0 Å². The zero-order valence-corrected chi connectivity index (χ0v) is 7.45. The fourth-order valence-electron chi connectivity index (χ4n) is 0.773. The number of halogens is 1. The van der Waals surface area contributed by atoms with Crippen LogP contribution in [0.5, 0.6) is 0 Å². The molecule has 0 fully saturated rings. The lowest BCUT2D eigenvalue weighted by molar-refractivity contribution is 0.267. The topological polar surface area (TPSA) is 59.1 Å². The summed E-state index contributed by atoms with van der Waals surface area (Å²) in [6.45, 7) is -0.0652. The Balaban J connectivity index is 2.93. The molecule has 0 saturated heterocycles. The Morgan fingerprint density at radius 1 is 1.73 bits per heavy atom. The molecule has 4 heteroatoms. The summed E-state index contributed by atoms with van der Waals surface area (Å²) < 4.78 is 0.696. The highest BCUT2D eigenvalue weighted by Gasteiger charge is 2.07. The van der Waals surface area contributed by atoms with E-state index in [2.05, 4.69) is 20.9 Å². The Morgan fingerprint density at radius 2 is 2.45 bits per heavy atom. The second kappa shape index (κ2) is 3.80. The first-order chi connectivity index (χ1) is 5.25. The molecule has 1 rings (SSSR count). The van der Waals surface area contributed by atoms with E-state index in [-0.39, 0.29) is 12.6 Å². The fourth-order valence-corrected chi connectivity index (χ4v) is 1.32. The van der Waals surface area contributed by atoms with Crippen molar-refractivity contribution < 1.29 is 5.11 Å². The van der Waals surface area contributed by atoms with Crippen LogP contribution in [0.2, 0.25) is 0 Å². The number of aromatic nitrogens is 1. The third kappa shape index (κ3) is 1.99. The van der Waals surface area contributed by atoms with E-state index in [4.69, 9.17) is 10.8 Å². The molecule has 1 atom stereocenters. The zero-order chi connectivity index (χ0) is 8.27. The van der Waals surface area contributed by atoms with Crippen molar-refractivity contribution in [3.63, 3.8) is 0 Å². The molecule has 0 aromatic carbocycles. The van der Waals surface area contributed by atoms with Gasteiger partial charge in [-0.1, -0.05) is 6.07 Å². The third-order valence-corrected chi connectivity index (χ3v) is 2.05. The van der Waals surface area contributed by atoms with Gasteiger partial charge in [0, 0.05) is 11.8 Å². The molecule has 60 valence electrons. The fraction of sp³-hybridized carbons (Fsp3) is 0.286. The van der Waals surface area contributed by atoms with E-state index in [1.807, 2.05) is 6.07 Å². The van der Waals surface area contributed by atoms with Gasteiger partial charge >= 0.3 is 0 Å². The van der Waals surface area contributed by atoms with Gasteiger partial charge in [-0.25, -0.2) is 4.98 Å². The molecule has 1 heterocycles. The Kier molecular flexibility index (Phi) is 2.99. The summed E-state index contributed by atoms with van der Waals surface area (Å²) in [6.07, 6.45) is 1.66. The second-order valence-electron chi connectivity index (χ2n) is 2.17. The summed E-state index contributed by atoms with van der Waals surface area (Å²) in [7, 11) is 0. The molecule has 1 aromatic rings. The van der Waals surface area contributed by atoms with Crippen molar-refractivity contribution in [3.8, 4) is 0 Å². The number of rotatable bonds is 2. The minimum absolute atomic E-state index is 0.0652. The van der Waals surface area contributed by atoms with Gasteiger partial charge in [-0.15, -0.1) is 0 Å². The maximum Gasteiger partial charge on any atom is 0.110 e. The number of hydrogen-bond donors (Lipinski definition) is 2. The summed E-state index contributed by atoms with van der Waals surface area (Å²) in [6, 6.07) is 3.27. The molecule has 0 amide bonds. The first-order valence-electron chi connectivity index (χ1n) is 3.22. The molecular formula is C7H9BrN2O. The molecule has 0 aliphatic rings. The zero-order valence-electron chi connectivity index (χ0n) is 5.87. The smallest absolute Gasteiger partial charge is 0.110 e. The maximum atomic E-state index is 8.74. The highest BCUT2D eigenvalue weighted by molar-refractivity contribution is 9.10. The summed E-state index contributed by atoms with van der Waals surface area (Å²) in [5.41, 5.74) is 6.40. The van der Waals surface area contributed by atoms with Gasteiger partial charge in [0.05, 0.1) is 12.6 Å². The van der Waals surface area contributed by atoms with Gasteiger partial charge < -0.3 is 10.8 Å². The summed E-state index contributed by atoms with van der Waals surface area (Å²) in [5, 5.41) is 8.74. The second-order valence-corrected chi connectivity index (χ2v) is 2.92. The first kappa shape index (κ1) is 8.64. The van der Waals surface area contributed by atoms with Crippen LogP contribution in [0.25, 0.3) is 0 Å². The Morgan fingerprint density at radius 3 is 3.00 bits per heavy atom. The van der Waals surface area contributed by atoms with Crippen LogP contribution >= 0.6 is 15.9 Å². The summed E-state index contributed by atoms with van der Waals surface area (Å²) >= 11 is 3.24. The minimum Gasteiger partial charge on any atom is -0.394 e. The number of nitrogens with two attached hydrogens (primary N) is 1. The number of aliphatic hydroxyl groups excluding tert-OH is 1. The van der Waals surface area contributed by atoms with Crippen molar-refractivity contribution in [3.05, 3.63) is 28.5 Å². The third-order valence-electron chi connectivity index (χ3n) is 1.38. The molecule has 0 radical (unpaired) electrons. The van der Waals surface area contributed by atoms with E-state index in [9.17, 15) is 0 Å². The minimum atomic E-state index is -0.349. The summed E-state index contributed by atoms with van der Waals surface area (Å²) in [4.78, 5) is 3.97. The van der Waals surface area contributed by atoms with Crippen molar-refractivity contribution in [1.82, 2.24) is 4.98 Å². The largest absolute Gasteiger partial charge is 0.394 e. The van der Waals surface area contributed by atoms with E-state index in [1.165, 1.54) is 0 Å². The highest BCUT2D eigenvalue weighted by atomic mass is 79.9. The maximum absolute atomic E-state index is 8.74. The SMILES string of the molecule is N[C@H](CO)c1cccnc1Br. The lowest BCUT2D eigenvalue weighted by Crippen LogP contribution is -2.15. The Bertz CT molecular complexity index is 242. The van der Waals surface area contributed by atoms with Gasteiger partial charge in [0.15, 0.2) is 0 Å². The van der Waals surface area contributed by atoms with Gasteiger partial charge in [-0.2, -0.15) is 0 Å². The molecule has 1 aromatic heterocycles. The van der Waals surface area contributed by atoms with Gasteiger partial charge in [-0.3, -0.25) is 0 Å². The molecule has 0 saturated carbocycles.